The Hall–Kier alpha value is -3.68. The lowest BCUT2D eigenvalue weighted by atomic mass is 10.1. The molecule has 1 aromatic heterocycles. The summed E-state index contributed by atoms with van der Waals surface area (Å²) in [5.41, 5.74) is 4.43. The molecule has 0 saturated heterocycles. The smallest absolute Gasteiger partial charge is 0.337 e. The Morgan fingerprint density at radius 1 is 0.931 bits per heavy atom. The number of carbonyl (C=O) groups is 3. The van der Waals surface area contributed by atoms with Crippen LogP contribution >= 0.6 is 0 Å². The second-order valence-corrected chi connectivity index (χ2v) is 6.63. The Labute approximate surface area is 167 Å². The van der Waals surface area contributed by atoms with Crippen molar-refractivity contribution in [3.63, 3.8) is 0 Å². The number of hydrogen-bond donors (Lipinski definition) is 1. The number of methoxy groups -OCH3 is 2. The minimum absolute atomic E-state index is 0.0228. The lowest BCUT2D eigenvalue weighted by Gasteiger charge is -2.10. The van der Waals surface area contributed by atoms with Crippen LogP contribution in [0.5, 0.6) is 0 Å². The zero-order valence-corrected chi connectivity index (χ0v) is 16.6. The van der Waals surface area contributed by atoms with Gasteiger partial charge in [0.25, 0.3) is 0 Å². The van der Waals surface area contributed by atoms with Gasteiger partial charge >= 0.3 is 11.9 Å². The van der Waals surface area contributed by atoms with Crippen molar-refractivity contribution in [1.29, 1.82) is 0 Å². The van der Waals surface area contributed by atoms with E-state index in [1.54, 1.807) is 10.9 Å². The van der Waals surface area contributed by atoms with Gasteiger partial charge in [0.2, 0.25) is 5.91 Å². The number of ether oxygens (including phenoxy) is 2. The number of nitrogens with zero attached hydrogens (tertiary/aromatic N) is 2. The highest BCUT2D eigenvalue weighted by Gasteiger charge is 2.16. The molecule has 0 aliphatic rings. The van der Waals surface area contributed by atoms with E-state index in [-0.39, 0.29) is 29.3 Å². The van der Waals surface area contributed by atoms with Gasteiger partial charge in [-0.3, -0.25) is 4.79 Å². The van der Waals surface area contributed by atoms with Gasteiger partial charge in [0.05, 0.1) is 42.7 Å². The average Bonchev–Trinajstić information content (AvgIpc) is 3.07. The summed E-state index contributed by atoms with van der Waals surface area (Å²) < 4.78 is 11.1. The van der Waals surface area contributed by atoms with Crippen molar-refractivity contribution in [3.8, 4) is 0 Å². The maximum absolute atomic E-state index is 12.6. The monoisotopic (exact) mass is 395 g/mol. The third-order valence-electron chi connectivity index (χ3n) is 4.61. The number of imidazole rings is 1. The quantitative estimate of drug-likeness (QED) is 0.667. The molecule has 1 N–H and O–H groups in total. The largest absolute Gasteiger partial charge is 0.465 e. The van der Waals surface area contributed by atoms with E-state index >= 15 is 0 Å². The molecule has 8 heteroatoms. The minimum Gasteiger partial charge on any atom is -0.465 e. The van der Waals surface area contributed by atoms with Gasteiger partial charge in [0.15, 0.2) is 0 Å². The molecular formula is C21H21N3O5. The summed E-state index contributed by atoms with van der Waals surface area (Å²) in [6, 6.07) is 8.19. The van der Waals surface area contributed by atoms with Gasteiger partial charge in [-0.25, -0.2) is 14.6 Å². The molecule has 3 rings (SSSR count). The summed E-state index contributed by atoms with van der Waals surface area (Å²) in [4.78, 5) is 40.7. The van der Waals surface area contributed by atoms with Crippen LogP contribution in [0.3, 0.4) is 0 Å². The van der Waals surface area contributed by atoms with Crippen LogP contribution in [0, 0.1) is 13.8 Å². The van der Waals surface area contributed by atoms with E-state index in [1.807, 2.05) is 26.0 Å². The molecular weight excluding hydrogens is 374 g/mol. The van der Waals surface area contributed by atoms with E-state index in [4.69, 9.17) is 9.47 Å². The van der Waals surface area contributed by atoms with Gasteiger partial charge in [-0.2, -0.15) is 0 Å². The summed E-state index contributed by atoms with van der Waals surface area (Å²) in [6.45, 7) is 4.03. The summed E-state index contributed by atoms with van der Waals surface area (Å²) >= 11 is 0. The Morgan fingerprint density at radius 3 is 2.10 bits per heavy atom. The number of carbonyl (C=O) groups excluding carboxylic acids is 3. The number of fused-ring (bicyclic) bond motifs is 1. The first-order chi connectivity index (χ1) is 13.8. The van der Waals surface area contributed by atoms with E-state index in [9.17, 15) is 14.4 Å². The van der Waals surface area contributed by atoms with Crippen LogP contribution in [0.1, 0.15) is 31.8 Å². The first-order valence-corrected chi connectivity index (χ1v) is 8.86. The Balaban J connectivity index is 1.86. The van der Waals surface area contributed by atoms with E-state index in [0.29, 0.717) is 0 Å². The lowest BCUT2D eigenvalue weighted by Crippen LogP contribution is -2.19. The number of aromatic nitrogens is 2. The topological polar surface area (TPSA) is 99.5 Å². The molecule has 0 aliphatic carbocycles. The molecule has 0 saturated carbocycles. The van der Waals surface area contributed by atoms with Gasteiger partial charge < -0.3 is 19.4 Å². The molecule has 0 bridgehead atoms. The van der Waals surface area contributed by atoms with Gasteiger partial charge in [0.1, 0.15) is 6.54 Å². The second kappa shape index (κ2) is 8.14. The van der Waals surface area contributed by atoms with Crippen molar-refractivity contribution in [2.45, 2.75) is 20.4 Å². The molecule has 1 amide bonds. The maximum Gasteiger partial charge on any atom is 0.337 e. The number of hydrogen-bond acceptors (Lipinski definition) is 6. The Morgan fingerprint density at radius 2 is 1.52 bits per heavy atom. The molecule has 2 aromatic carbocycles. The molecule has 0 unspecified atom stereocenters. The number of esters is 2. The molecule has 29 heavy (non-hydrogen) atoms. The molecule has 0 atom stereocenters. The molecule has 0 radical (unpaired) electrons. The maximum atomic E-state index is 12.6. The summed E-state index contributed by atoms with van der Waals surface area (Å²) in [7, 11) is 2.47. The fourth-order valence-corrected chi connectivity index (χ4v) is 2.97. The van der Waals surface area contributed by atoms with Crippen LogP contribution < -0.4 is 5.32 Å². The van der Waals surface area contributed by atoms with Crippen LogP contribution in [0.2, 0.25) is 0 Å². The molecule has 0 fully saturated rings. The molecule has 8 nitrogen and oxygen atoms in total. The fourth-order valence-electron chi connectivity index (χ4n) is 2.97. The lowest BCUT2D eigenvalue weighted by molar-refractivity contribution is -0.116. The molecule has 1 heterocycles. The fraction of sp³-hybridized carbons (Fsp3) is 0.238. The van der Waals surface area contributed by atoms with E-state index in [0.717, 1.165) is 22.2 Å². The second-order valence-electron chi connectivity index (χ2n) is 6.63. The van der Waals surface area contributed by atoms with Gasteiger partial charge in [-0.15, -0.1) is 0 Å². The normalized spacial score (nSPS) is 10.6. The number of anilines is 1. The molecule has 0 spiro atoms. The average molecular weight is 395 g/mol. The van der Waals surface area contributed by atoms with Crippen LogP contribution in [0.15, 0.2) is 36.7 Å². The number of amides is 1. The standard InChI is InChI=1S/C21H21N3O5/c1-12-5-17-18(6-13(12)2)24(11-22-17)10-19(25)23-16-8-14(20(26)28-3)7-15(9-16)21(27)29-4/h5-9,11H,10H2,1-4H3,(H,23,25). The number of aryl methyl sites for hydroxylation is 2. The summed E-state index contributed by atoms with van der Waals surface area (Å²) in [6.07, 6.45) is 1.61. The summed E-state index contributed by atoms with van der Waals surface area (Å²) in [5.74, 6) is -1.59. The number of rotatable bonds is 5. The van der Waals surface area contributed by atoms with Crippen molar-refractivity contribution in [2.24, 2.45) is 0 Å². The molecule has 0 aliphatic heterocycles. The minimum atomic E-state index is -0.627. The van der Waals surface area contributed by atoms with Crippen LogP contribution in [0.4, 0.5) is 5.69 Å². The Bertz CT molecular complexity index is 1080. The van der Waals surface area contributed by atoms with Gasteiger partial charge in [-0.1, -0.05) is 0 Å². The van der Waals surface area contributed by atoms with E-state index in [2.05, 4.69) is 10.3 Å². The Kier molecular flexibility index (Phi) is 5.63. The number of nitrogens with one attached hydrogen (secondary N) is 1. The first-order valence-electron chi connectivity index (χ1n) is 8.86. The first kappa shape index (κ1) is 20.1. The third kappa shape index (κ3) is 4.26. The SMILES string of the molecule is COC(=O)c1cc(NC(=O)Cn2cnc3cc(C)c(C)cc32)cc(C(=O)OC)c1. The van der Waals surface area contributed by atoms with Crippen LogP contribution in [-0.4, -0.2) is 41.6 Å². The highest BCUT2D eigenvalue weighted by atomic mass is 16.5. The van der Waals surface area contributed by atoms with Gasteiger partial charge in [0, 0.05) is 5.69 Å². The van der Waals surface area contributed by atoms with E-state index in [1.165, 1.54) is 32.4 Å². The van der Waals surface area contributed by atoms with Crippen molar-refractivity contribution in [1.82, 2.24) is 9.55 Å². The predicted octanol–water partition coefficient (Wildman–Crippen LogP) is 2.87. The molecule has 3 aromatic rings. The zero-order valence-electron chi connectivity index (χ0n) is 16.6. The van der Waals surface area contributed by atoms with Crippen molar-refractivity contribution in [3.05, 3.63) is 58.9 Å². The van der Waals surface area contributed by atoms with E-state index < -0.39 is 11.9 Å². The van der Waals surface area contributed by atoms with Crippen LogP contribution in [-0.2, 0) is 20.8 Å². The van der Waals surface area contributed by atoms with Crippen LogP contribution in [0.25, 0.3) is 11.0 Å². The highest BCUT2D eigenvalue weighted by molar-refractivity contribution is 5.99. The zero-order chi connectivity index (χ0) is 21.1. The van der Waals surface area contributed by atoms with Crippen molar-refractivity contribution >= 4 is 34.6 Å². The van der Waals surface area contributed by atoms with Crippen molar-refractivity contribution < 1.29 is 23.9 Å². The number of benzene rings is 2. The predicted molar refractivity (Wildman–Crippen MR) is 107 cm³/mol. The van der Waals surface area contributed by atoms with Crippen molar-refractivity contribution in [2.75, 3.05) is 19.5 Å². The highest BCUT2D eigenvalue weighted by Crippen LogP contribution is 2.20. The van der Waals surface area contributed by atoms with Gasteiger partial charge in [-0.05, 0) is 55.3 Å². The summed E-state index contributed by atoms with van der Waals surface area (Å²) in [5, 5.41) is 2.71. The third-order valence-corrected chi connectivity index (χ3v) is 4.61. The molecule has 150 valence electrons.